The predicted octanol–water partition coefficient (Wildman–Crippen LogP) is 2.62. The third kappa shape index (κ3) is 6.88. The van der Waals surface area contributed by atoms with Crippen LogP contribution in [0.15, 0.2) is 47.4 Å². The molecule has 0 fully saturated rings. The zero-order valence-electron chi connectivity index (χ0n) is 17.6. The number of amides is 1. The number of hydrogen-bond acceptors (Lipinski definition) is 6. The van der Waals surface area contributed by atoms with Crippen LogP contribution in [0.3, 0.4) is 0 Å². The van der Waals surface area contributed by atoms with Crippen LogP contribution in [0.2, 0.25) is 0 Å². The Morgan fingerprint density at radius 1 is 1.10 bits per heavy atom. The van der Waals surface area contributed by atoms with Crippen LogP contribution in [0.5, 0.6) is 11.5 Å². The molecule has 0 saturated heterocycles. The maximum absolute atomic E-state index is 12.4. The summed E-state index contributed by atoms with van der Waals surface area (Å²) >= 11 is 0. The fourth-order valence-corrected chi connectivity index (χ4v) is 3.71. The Labute approximate surface area is 180 Å². The Kier molecular flexibility index (Phi) is 8.31. The highest BCUT2D eigenvalue weighted by molar-refractivity contribution is 7.89. The van der Waals surface area contributed by atoms with Gasteiger partial charge in [0.25, 0.3) is 0 Å². The summed E-state index contributed by atoms with van der Waals surface area (Å²) in [7, 11) is 2.30. The summed E-state index contributed by atoms with van der Waals surface area (Å²) in [6.45, 7) is -2.60. The SMILES string of the molecule is COc1cc(CN(C)CC(=O)Nc2cccc(S(=O)(=O)N(C)C)c2)ccc1OC(F)F. The number of anilines is 1. The molecule has 31 heavy (non-hydrogen) atoms. The summed E-state index contributed by atoms with van der Waals surface area (Å²) in [5.41, 5.74) is 1.09. The number of sulfonamides is 1. The molecule has 0 aliphatic heterocycles. The molecule has 0 atom stereocenters. The third-order valence-electron chi connectivity index (χ3n) is 4.21. The summed E-state index contributed by atoms with van der Waals surface area (Å²) in [4.78, 5) is 14.1. The van der Waals surface area contributed by atoms with Gasteiger partial charge in [-0.1, -0.05) is 12.1 Å². The molecule has 0 aliphatic rings. The fourth-order valence-electron chi connectivity index (χ4n) is 2.76. The number of benzene rings is 2. The molecular formula is C20H25F2N3O5S. The van der Waals surface area contributed by atoms with E-state index < -0.39 is 16.6 Å². The van der Waals surface area contributed by atoms with E-state index in [0.717, 1.165) is 9.87 Å². The average molecular weight is 457 g/mol. The molecule has 0 bridgehead atoms. The zero-order valence-corrected chi connectivity index (χ0v) is 18.4. The first-order valence-electron chi connectivity index (χ1n) is 9.15. The maximum Gasteiger partial charge on any atom is 0.387 e. The van der Waals surface area contributed by atoms with Gasteiger partial charge in [0.15, 0.2) is 11.5 Å². The molecule has 0 heterocycles. The lowest BCUT2D eigenvalue weighted by Crippen LogP contribution is -2.30. The molecule has 2 rings (SSSR count). The van der Waals surface area contributed by atoms with Crippen molar-refractivity contribution in [3.05, 3.63) is 48.0 Å². The van der Waals surface area contributed by atoms with Gasteiger partial charge in [-0.2, -0.15) is 8.78 Å². The van der Waals surface area contributed by atoms with Crippen LogP contribution in [0.25, 0.3) is 0 Å². The number of alkyl halides is 2. The van der Waals surface area contributed by atoms with Gasteiger partial charge in [-0.25, -0.2) is 12.7 Å². The summed E-state index contributed by atoms with van der Waals surface area (Å²) < 4.78 is 59.9. The lowest BCUT2D eigenvalue weighted by molar-refractivity contribution is -0.117. The topological polar surface area (TPSA) is 88.2 Å². The van der Waals surface area contributed by atoms with E-state index in [9.17, 15) is 22.0 Å². The van der Waals surface area contributed by atoms with Crippen LogP contribution in [0.4, 0.5) is 14.5 Å². The molecule has 2 aromatic carbocycles. The van der Waals surface area contributed by atoms with Crippen molar-refractivity contribution in [2.24, 2.45) is 0 Å². The molecular weight excluding hydrogens is 432 g/mol. The number of ether oxygens (including phenoxy) is 2. The molecule has 170 valence electrons. The van der Waals surface area contributed by atoms with Crippen molar-refractivity contribution in [2.75, 3.05) is 40.1 Å². The van der Waals surface area contributed by atoms with Crippen LogP contribution in [0.1, 0.15) is 5.56 Å². The van der Waals surface area contributed by atoms with Crippen molar-refractivity contribution < 1.29 is 31.5 Å². The minimum absolute atomic E-state index is 0.0161. The van der Waals surface area contributed by atoms with Gasteiger partial charge in [-0.3, -0.25) is 9.69 Å². The minimum Gasteiger partial charge on any atom is -0.493 e. The fraction of sp³-hybridized carbons (Fsp3) is 0.350. The Bertz CT molecular complexity index is 1020. The minimum atomic E-state index is -3.61. The first-order chi connectivity index (χ1) is 14.5. The number of nitrogens with one attached hydrogen (secondary N) is 1. The normalized spacial score (nSPS) is 11.8. The van der Waals surface area contributed by atoms with Crippen LogP contribution in [0, 0.1) is 0 Å². The molecule has 1 amide bonds. The molecule has 11 heteroatoms. The van der Waals surface area contributed by atoms with Crippen LogP contribution < -0.4 is 14.8 Å². The van der Waals surface area contributed by atoms with Crippen molar-refractivity contribution in [3.8, 4) is 11.5 Å². The summed E-state index contributed by atoms with van der Waals surface area (Å²) in [6.07, 6.45) is 0. The molecule has 1 N–H and O–H groups in total. The van der Waals surface area contributed by atoms with Crippen LogP contribution in [-0.4, -0.2) is 64.9 Å². The summed E-state index contributed by atoms with van der Waals surface area (Å²) in [6, 6.07) is 10.5. The smallest absolute Gasteiger partial charge is 0.387 e. The number of nitrogens with zero attached hydrogens (tertiary/aromatic N) is 2. The number of likely N-dealkylation sites (N-methyl/N-ethyl adjacent to an activating group) is 1. The van der Waals surface area contributed by atoms with Gasteiger partial charge in [0, 0.05) is 26.3 Å². The summed E-state index contributed by atoms with van der Waals surface area (Å²) in [5.74, 6) is -0.254. The second-order valence-corrected chi connectivity index (χ2v) is 9.05. The number of carbonyl (C=O) groups excluding carboxylic acids is 1. The molecule has 0 aromatic heterocycles. The Hall–Kier alpha value is -2.76. The highest BCUT2D eigenvalue weighted by Crippen LogP contribution is 2.29. The molecule has 8 nitrogen and oxygen atoms in total. The first-order valence-corrected chi connectivity index (χ1v) is 10.6. The maximum atomic E-state index is 12.4. The van der Waals surface area contributed by atoms with E-state index in [1.54, 1.807) is 36.2 Å². The zero-order chi connectivity index (χ0) is 23.2. The van der Waals surface area contributed by atoms with E-state index in [-0.39, 0.29) is 28.8 Å². The molecule has 2 aromatic rings. The van der Waals surface area contributed by atoms with Gasteiger partial charge in [0.2, 0.25) is 15.9 Å². The number of hydrogen-bond donors (Lipinski definition) is 1. The van der Waals surface area contributed by atoms with E-state index in [1.807, 2.05) is 0 Å². The standard InChI is InChI=1S/C20H25F2N3O5S/c1-24(2)31(27,28)16-7-5-6-15(11-16)23-19(26)13-25(3)12-14-8-9-17(30-20(21)22)18(10-14)29-4/h5-11,20H,12-13H2,1-4H3,(H,23,26). The third-order valence-corrected chi connectivity index (χ3v) is 6.02. The van der Waals surface area contributed by atoms with Crippen LogP contribution >= 0.6 is 0 Å². The van der Waals surface area contributed by atoms with Gasteiger partial charge in [-0.05, 0) is 42.9 Å². The first kappa shape index (κ1) is 24.5. The Morgan fingerprint density at radius 2 is 1.81 bits per heavy atom. The molecule has 0 saturated carbocycles. The molecule has 0 unspecified atom stereocenters. The van der Waals surface area contributed by atoms with Crippen molar-refractivity contribution in [3.63, 3.8) is 0 Å². The van der Waals surface area contributed by atoms with Crippen molar-refractivity contribution >= 4 is 21.6 Å². The van der Waals surface area contributed by atoms with Crippen molar-refractivity contribution in [1.82, 2.24) is 9.21 Å². The largest absolute Gasteiger partial charge is 0.493 e. The van der Waals surface area contributed by atoms with E-state index in [4.69, 9.17) is 4.74 Å². The van der Waals surface area contributed by atoms with Crippen molar-refractivity contribution in [1.29, 1.82) is 0 Å². The van der Waals surface area contributed by atoms with Crippen molar-refractivity contribution in [2.45, 2.75) is 18.1 Å². The van der Waals surface area contributed by atoms with E-state index in [1.165, 1.54) is 39.4 Å². The number of methoxy groups -OCH3 is 1. The second kappa shape index (κ2) is 10.5. The van der Waals surface area contributed by atoms with Gasteiger partial charge in [-0.15, -0.1) is 0 Å². The molecule has 0 aliphatic carbocycles. The predicted molar refractivity (Wildman–Crippen MR) is 112 cm³/mol. The monoisotopic (exact) mass is 457 g/mol. The highest BCUT2D eigenvalue weighted by Gasteiger charge is 2.18. The van der Waals surface area contributed by atoms with Gasteiger partial charge in [0.1, 0.15) is 0 Å². The van der Waals surface area contributed by atoms with E-state index >= 15 is 0 Å². The van der Waals surface area contributed by atoms with Gasteiger partial charge in [0.05, 0.1) is 18.6 Å². The second-order valence-electron chi connectivity index (χ2n) is 6.90. The average Bonchev–Trinajstić information content (AvgIpc) is 2.68. The van der Waals surface area contributed by atoms with Gasteiger partial charge >= 0.3 is 6.61 Å². The number of halogens is 2. The lowest BCUT2D eigenvalue weighted by Gasteiger charge is -2.18. The Balaban J connectivity index is 2.01. The molecule has 0 radical (unpaired) electrons. The quantitative estimate of drug-likeness (QED) is 0.590. The molecule has 0 spiro atoms. The number of rotatable bonds is 10. The summed E-state index contributed by atoms with van der Waals surface area (Å²) in [5, 5.41) is 2.67. The van der Waals surface area contributed by atoms with Crippen LogP contribution in [-0.2, 0) is 21.4 Å². The van der Waals surface area contributed by atoms with E-state index in [0.29, 0.717) is 12.2 Å². The highest BCUT2D eigenvalue weighted by atomic mass is 32.2. The Morgan fingerprint density at radius 3 is 2.42 bits per heavy atom. The number of carbonyl (C=O) groups is 1. The van der Waals surface area contributed by atoms with E-state index in [2.05, 4.69) is 10.1 Å². The lowest BCUT2D eigenvalue weighted by atomic mass is 10.2. The van der Waals surface area contributed by atoms with Gasteiger partial charge < -0.3 is 14.8 Å².